The minimum Gasteiger partial charge on any atom is -0.392 e. The third kappa shape index (κ3) is 2.55. The van der Waals surface area contributed by atoms with Crippen molar-refractivity contribution in [2.45, 2.75) is 12.7 Å². The molecular weight excluding hydrogens is 194 g/mol. The maximum absolute atomic E-state index is 8.94. The van der Waals surface area contributed by atoms with Gasteiger partial charge >= 0.3 is 0 Å². The van der Waals surface area contributed by atoms with E-state index in [9.17, 15) is 0 Å². The summed E-state index contributed by atoms with van der Waals surface area (Å²) in [6.45, 7) is 0.788. The summed E-state index contributed by atoms with van der Waals surface area (Å²) in [5.74, 6) is 0. The van der Waals surface area contributed by atoms with Gasteiger partial charge in [0.05, 0.1) is 13.2 Å². The molecule has 1 atom stereocenters. The summed E-state index contributed by atoms with van der Waals surface area (Å²) >= 11 is 0. The standard InChI is InChI=1S/C11H13NO3/c13-6-10-11(8-15-12-10)14-7-9-4-2-1-3-5-9/h1-5,11,13H,6-8H2. The van der Waals surface area contributed by atoms with Gasteiger partial charge in [0, 0.05) is 0 Å². The Morgan fingerprint density at radius 3 is 2.93 bits per heavy atom. The van der Waals surface area contributed by atoms with Crippen molar-refractivity contribution in [3.05, 3.63) is 35.9 Å². The minimum atomic E-state index is -0.213. The molecule has 0 bridgehead atoms. The van der Waals surface area contributed by atoms with Crippen molar-refractivity contribution in [2.75, 3.05) is 13.2 Å². The van der Waals surface area contributed by atoms with Crippen LogP contribution < -0.4 is 0 Å². The predicted molar refractivity (Wildman–Crippen MR) is 55.5 cm³/mol. The number of nitrogens with zero attached hydrogens (tertiary/aromatic N) is 1. The van der Waals surface area contributed by atoms with Gasteiger partial charge in [-0.25, -0.2) is 0 Å². The third-order valence-corrected chi connectivity index (χ3v) is 2.24. The number of rotatable bonds is 4. The SMILES string of the molecule is OCC1=NOCC1OCc1ccccc1. The summed E-state index contributed by atoms with van der Waals surface area (Å²) in [6.07, 6.45) is -0.213. The molecule has 15 heavy (non-hydrogen) atoms. The van der Waals surface area contributed by atoms with Crippen LogP contribution >= 0.6 is 0 Å². The van der Waals surface area contributed by atoms with Gasteiger partial charge in [0.1, 0.15) is 18.4 Å². The predicted octanol–water partition coefficient (Wildman–Crippen LogP) is 0.950. The molecule has 0 saturated carbocycles. The largest absolute Gasteiger partial charge is 0.392 e. The summed E-state index contributed by atoms with van der Waals surface area (Å²) in [5.41, 5.74) is 1.66. The first-order chi connectivity index (χ1) is 7.40. The quantitative estimate of drug-likeness (QED) is 0.799. The third-order valence-electron chi connectivity index (χ3n) is 2.24. The van der Waals surface area contributed by atoms with Gasteiger partial charge in [-0.15, -0.1) is 0 Å². The highest BCUT2D eigenvalue weighted by molar-refractivity contribution is 5.90. The van der Waals surface area contributed by atoms with Crippen LogP contribution in [0.5, 0.6) is 0 Å². The van der Waals surface area contributed by atoms with E-state index in [4.69, 9.17) is 14.7 Å². The number of benzene rings is 1. The van der Waals surface area contributed by atoms with Gasteiger partial charge in [-0.1, -0.05) is 35.5 Å². The van der Waals surface area contributed by atoms with E-state index in [1.807, 2.05) is 30.3 Å². The Balaban J connectivity index is 1.86. The Morgan fingerprint density at radius 2 is 2.20 bits per heavy atom. The van der Waals surface area contributed by atoms with Crippen LogP contribution in [0.2, 0.25) is 0 Å². The maximum atomic E-state index is 8.94. The molecular formula is C11H13NO3. The van der Waals surface area contributed by atoms with Gasteiger partial charge in [-0.05, 0) is 5.56 Å². The highest BCUT2D eigenvalue weighted by Gasteiger charge is 2.23. The topological polar surface area (TPSA) is 51.1 Å². The van der Waals surface area contributed by atoms with Gasteiger partial charge in [0.25, 0.3) is 0 Å². The van der Waals surface area contributed by atoms with Crippen LogP contribution in [0.1, 0.15) is 5.56 Å². The van der Waals surface area contributed by atoms with Crippen LogP contribution in [-0.2, 0) is 16.2 Å². The number of hydrogen-bond acceptors (Lipinski definition) is 4. The molecule has 1 aliphatic rings. The molecule has 2 rings (SSSR count). The van der Waals surface area contributed by atoms with E-state index in [0.29, 0.717) is 18.9 Å². The van der Waals surface area contributed by atoms with Crippen LogP contribution in [-0.4, -0.2) is 30.1 Å². The fourth-order valence-electron chi connectivity index (χ4n) is 1.39. The average Bonchev–Trinajstić information content (AvgIpc) is 2.75. The van der Waals surface area contributed by atoms with Crippen LogP contribution in [0, 0.1) is 0 Å². The van der Waals surface area contributed by atoms with E-state index in [0.717, 1.165) is 5.56 Å². The first-order valence-electron chi connectivity index (χ1n) is 4.85. The van der Waals surface area contributed by atoms with Gasteiger partial charge in [-0.2, -0.15) is 0 Å². The van der Waals surface area contributed by atoms with Gasteiger partial charge in [0.15, 0.2) is 0 Å². The summed E-state index contributed by atoms with van der Waals surface area (Å²) < 4.78 is 5.58. The van der Waals surface area contributed by atoms with Crippen molar-refractivity contribution in [3.63, 3.8) is 0 Å². The van der Waals surface area contributed by atoms with Crippen LogP contribution in [0.4, 0.5) is 0 Å². The second-order valence-electron chi connectivity index (χ2n) is 3.32. The molecule has 0 saturated heterocycles. The molecule has 4 heteroatoms. The zero-order valence-corrected chi connectivity index (χ0v) is 8.30. The second kappa shape index (κ2) is 4.91. The van der Waals surface area contributed by atoms with Crippen LogP contribution in [0.15, 0.2) is 35.5 Å². The van der Waals surface area contributed by atoms with Crippen molar-refractivity contribution < 1.29 is 14.7 Å². The number of aliphatic hydroxyl groups excluding tert-OH is 1. The molecule has 1 aliphatic heterocycles. The van der Waals surface area contributed by atoms with Crippen molar-refractivity contribution >= 4 is 5.71 Å². The molecule has 0 aliphatic carbocycles. The first kappa shape index (κ1) is 10.1. The summed E-state index contributed by atoms with van der Waals surface area (Å²) in [7, 11) is 0. The van der Waals surface area contributed by atoms with Crippen molar-refractivity contribution in [2.24, 2.45) is 5.16 Å². The average molecular weight is 207 g/mol. The lowest BCUT2D eigenvalue weighted by Crippen LogP contribution is -2.26. The van der Waals surface area contributed by atoms with E-state index in [2.05, 4.69) is 5.16 Å². The Hall–Kier alpha value is -1.39. The molecule has 1 heterocycles. The monoisotopic (exact) mass is 207 g/mol. The molecule has 0 spiro atoms. The fraction of sp³-hybridized carbons (Fsp3) is 0.364. The normalized spacial score (nSPS) is 19.8. The van der Waals surface area contributed by atoms with Gasteiger partial charge in [0.2, 0.25) is 0 Å². The lowest BCUT2D eigenvalue weighted by atomic mass is 10.2. The number of oxime groups is 1. The Labute approximate surface area is 88.1 Å². The van der Waals surface area contributed by atoms with Crippen LogP contribution in [0.25, 0.3) is 0 Å². The summed E-state index contributed by atoms with van der Waals surface area (Å²) in [6, 6.07) is 9.87. The second-order valence-corrected chi connectivity index (χ2v) is 3.32. The molecule has 80 valence electrons. The maximum Gasteiger partial charge on any atom is 0.148 e. The molecule has 0 amide bonds. The van der Waals surface area contributed by atoms with E-state index < -0.39 is 0 Å². The smallest absolute Gasteiger partial charge is 0.148 e. The Morgan fingerprint density at radius 1 is 1.40 bits per heavy atom. The van der Waals surface area contributed by atoms with E-state index in [1.54, 1.807) is 0 Å². The molecule has 0 aromatic heterocycles. The molecule has 0 radical (unpaired) electrons. The van der Waals surface area contributed by atoms with Crippen molar-refractivity contribution in [3.8, 4) is 0 Å². The number of hydrogen-bond donors (Lipinski definition) is 1. The highest BCUT2D eigenvalue weighted by atomic mass is 16.7. The molecule has 1 N–H and O–H groups in total. The van der Waals surface area contributed by atoms with E-state index in [1.165, 1.54) is 0 Å². The highest BCUT2D eigenvalue weighted by Crippen LogP contribution is 2.09. The van der Waals surface area contributed by atoms with Gasteiger partial charge < -0.3 is 14.7 Å². The van der Waals surface area contributed by atoms with E-state index in [-0.39, 0.29) is 12.7 Å². The molecule has 4 nitrogen and oxygen atoms in total. The first-order valence-corrected chi connectivity index (χ1v) is 4.85. The lowest BCUT2D eigenvalue weighted by Gasteiger charge is -2.10. The Bertz CT molecular complexity index is 337. The lowest BCUT2D eigenvalue weighted by molar-refractivity contribution is 0.0352. The number of ether oxygens (including phenoxy) is 1. The van der Waals surface area contributed by atoms with Gasteiger partial charge in [-0.3, -0.25) is 0 Å². The van der Waals surface area contributed by atoms with E-state index >= 15 is 0 Å². The summed E-state index contributed by atoms with van der Waals surface area (Å²) in [5, 5.41) is 12.6. The zero-order chi connectivity index (χ0) is 10.5. The van der Waals surface area contributed by atoms with Crippen molar-refractivity contribution in [1.82, 2.24) is 0 Å². The van der Waals surface area contributed by atoms with Crippen molar-refractivity contribution in [1.29, 1.82) is 0 Å². The molecule has 1 aromatic carbocycles. The Kier molecular flexibility index (Phi) is 3.32. The minimum absolute atomic E-state index is 0.112. The fourth-order valence-corrected chi connectivity index (χ4v) is 1.39. The molecule has 1 aromatic rings. The zero-order valence-electron chi connectivity index (χ0n) is 8.30. The van der Waals surface area contributed by atoms with Crippen LogP contribution in [0.3, 0.4) is 0 Å². The molecule has 0 fully saturated rings. The summed E-state index contributed by atoms with van der Waals surface area (Å²) in [4.78, 5) is 4.85. The molecule has 1 unspecified atom stereocenters. The number of aliphatic hydroxyl groups is 1.